The maximum absolute atomic E-state index is 13.2. The quantitative estimate of drug-likeness (QED) is 0.746. The molecule has 0 aliphatic heterocycles. The Morgan fingerprint density at radius 3 is 2.84 bits per heavy atom. The molecule has 0 radical (unpaired) electrons. The number of aliphatic hydroxyl groups is 1. The lowest BCUT2D eigenvalue weighted by molar-refractivity contribution is 0.275. The molecule has 0 bridgehead atoms. The number of aromatic amines is 1. The molecule has 8 heteroatoms. The van der Waals surface area contributed by atoms with Crippen molar-refractivity contribution in [1.82, 2.24) is 14.7 Å². The van der Waals surface area contributed by atoms with Crippen molar-refractivity contribution in [2.24, 2.45) is 0 Å². The number of hydrogen-bond donors (Lipinski definition) is 3. The van der Waals surface area contributed by atoms with E-state index in [0.29, 0.717) is 5.82 Å². The second kappa shape index (κ2) is 5.47. The third kappa shape index (κ3) is 3.16. The van der Waals surface area contributed by atoms with E-state index in [2.05, 4.69) is 14.7 Å². The smallest absolute Gasteiger partial charge is 0.240 e. The summed E-state index contributed by atoms with van der Waals surface area (Å²) in [6.45, 7) is -0.561. The fourth-order valence-corrected chi connectivity index (χ4v) is 2.52. The zero-order valence-electron chi connectivity index (χ0n) is 9.80. The molecule has 0 unspecified atom stereocenters. The number of imidazole rings is 1. The molecule has 1 aromatic carbocycles. The van der Waals surface area contributed by atoms with Crippen LogP contribution in [-0.4, -0.2) is 23.5 Å². The van der Waals surface area contributed by atoms with Gasteiger partial charge in [0, 0.05) is 18.0 Å². The fourth-order valence-electron chi connectivity index (χ4n) is 1.48. The van der Waals surface area contributed by atoms with Crippen LogP contribution in [0, 0.1) is 5.82 Å². The van der Waals surface area contributed by atoms with E-state index in [1.807, 2.05) is 0 Å². The van der Waals surface area contributed by atoms with Crippen molar-refractivity contribution in [2.45, 2.75) is 18.0 Å². The maximum Gasteiger partial charge on any atom is 0.240 e. The largest absolute Gasteiger partial charge is 0.392 e. The van der Waals surface area contributed by atoms with Crippen LogP contribution in [0.4, 0.5) is 4.39 Å². The molecular weight excluding hydrogens is 273 g/mol. The minimum atomic E-state index is -3.77. The summed E-state index contributed by atoms with van der Waals surface area (Å²) in [7, 11) is -3.77. The van der Waals surface area contributed by atoms with Crippen molar-refractivity contribution in [2.75, 3.05) is 0 Å². The van der Waals surface area contributed by atoms with Gasteiger partial charge in [-0.1, -0.05) is 0 Å². The summed E-state index contributed by atoms with van der Waals surface area (Å²) in [4.78, 5) is 6.53. The van der Waals surface area contributed by atoms with Gasteiger partial charge in [-0.25, -0.2) is 22.5 Å². The van der Waals surface area contributed by atoms with Gasteiger partial charge in [0.05, 0.1) is 18.0 Å². The minimum absolute atomic E-state index is 0.00116. The summed E-state index contributed by atoms with van der Waals surface area (Å²) >= 11 is 0. The molecule has 3 N–H and O–H groups in total. The van der Waals surface area contributed by atoms with Crippen LogP contribution in [0.3, 0.4) is 0 Å². The summed E-state index contributed by atoms with van der Waals surface area (Å²) in [5.41, 5.74) is -0.0686. The Morgan fingerprint density at radius 2 is 2.21 bits per heavy atom. The first kappa shape index (κ1) is 13.7. The van der Waals surface area contributed by atoms with E-state index in [9.17, 15) is 12.8 Å². The van der Waals surface area contributed by atoms with Crippen LogP contribution in [0.1, 0.15) is 11.4 Å². The molecule has 102 valence electrons. The van der Waals surface area contributed by atoms with Crippen LogP contribution in [0.25, 0.3) is 0 Å². The highest BCUT2D eigenvalue weighted by atomic mass is 32.2. The Kier molecular flexibility index (Phi) is 3.93. The molecule has 0 aliphatic rings. The predicted molar refractivity (Wildman–Crippen MR) is 64.9 cm³/mol. The highest BCUT2D eigenvalue weighted by Gasteiger charge is 2.16. The van der Waals surface area contributed by atoms with Crippen molar-refractivity contribution in [3.8, 4) is 0 Å². The maximum atomic E-state index is 13.2. The lowest BCUT2D eigenvalue weighted by Gasteiger charge is -2.07. The number of aromatic nitrogens is 2. The molecule has 19 heavy (non-hydrogen) atoms. The summed E-state index contributed by atoms with van der Waals surface area (Å²) in [6.07, 6.45) is 3.08. The van der Waals surface area contributed by atoms with Crippen LogP contribution in [0.5, 0.6) is 0 Å². The Hall–Kier alpha value is -1.77. The van der Waals surface area contributed by atoms with Crippen LogP contribution < -0.4 is 4.72 Å². The molecule has 6 nitrogen and oxygen atoms in total. The van der Waals surface area contributed by atoms with Crippen LogP contribution in [-0.2, 0) is 23.2 Å². The van der Waals surface area contributed by atoms with E-state index >= 15 is 0 Å². The van der Waals surface area contributed by atoms with E-state index in [4.69, 9.17) is 5.11 Å². The summed E-state index contributed by atoms with van der Waals surface area (Å²) in [5.74, 6) is -0.180. The van der Waals surface area contributed by atoms with Gasteiger partial charge < -0.3 is 10.1 Å². The lowest BCUT2D eigenvalue weighted by Crippen LogP contribution is -2.24. The standard InChI is InChI=1S/C11H12FN3O3S/c12-10-2-1-9(5-8(10)7-16)19(17,18)15-6-11-13-3-4-14-11/h1-5,15-16H,6-7H2,(H,13,14). The molecule has 0 aliphatic carbocycles. The molecular formula is C11H12FN3O3S. The van der Waals surface area contributed by atoms with Gasteiger partial charge >= 0.3 is 0 Å². The van der Waals surface area contributed by atoms with E-state index in [0.717, 1.165) is 18.2 Å². The first-order valence-corrected chi connectivity index (χ1v) is 6.88. The average molecular weight is 285 g/mol. The SMILES string of the molecule is O=S(=O)(NCc1ncc[nH]1)c1ccc(F)c(CO)c1. The number of nitrogens with zero attached hydrogens (tertiary/aromatic N) is 1. The van der Waals surface area contributed by atoms with E-state index < -0.39 is 22.4 Å². The third-order valence-corrected chi connectivity index (χ3v) is 3.88. The van der Waals surface area contributed by atoms with Gasteiger partial charge in [-0.2, -0.15) is 0 Å². The number of sulfonamides is 1. The second-order valence-corrected chi connectivity index (χ2v) is 5.54. The number of nitrogens with one attached hydrogen (secondary N) is 2. The van der Waals surface area contributed by atoms with Gasteiger partial charge in [-0.15, -0.1) is 0 Å². The summed E-state index contributed by atoms with van der Waals surface area (Å²) in [5, 5.41) is 8.92. The van der Waals surface area contributed by atoms with Crippen molar-refractivity contribution in [3.63, 3.8) is 0 Å². The van der Waals surface area contributed by atoms with Gasteiger partial charge in [0.2, 0.25) is 10.0 Å². The molecule has 1 aromatic heterocycles. The van der Waals surface area contributed by atoms with Gasteiger partial charge in [0.25, 0.3) is 0 Å². The molecule has 2 aromatic rings. The van der Waals surface area contributed by atoms with Crippen molar-refractivity contribution < 1.29 is 17.9 Å². The highest BCUT2D eigenvalue weighted by molar-refractivity contribution is 7.89. The first-order valence-electron chi connectivity index (χ1n) is 5.40. The zero-order chi connectivity index (χ0) is 13.9. The number of aliphatic hydroxyl groups excluding tert-OH is 1. The average Bonchev–Trinajstić information content (AvgIpc) is 2.90. The molecule has 0 saturated heterocycles. The van der Waals surface area contributed by atoms with Gasteiger partial charge in [0.15, 0.2) is 0 Å². The first-order chi connectivity index (χ1) is 9.03. The fraction of sp³-hybridized carbons (Fsp3) is 0.182. The van der Waals surface area contributed by atoms with Gasteiger partial charge in [0.1, 0.15) is 11.6 Å². The monoisotopic (exact) mass is 285 g/mol. The number of rotatable bonds is 5. The second-order valence-electron chi connectivity index (χ2n) is 3.77. The topological polar surface area (TPSA) is 95.1 Å². The molecule has 1 heterocycles. The molecule has 0 fully saturated rings. The molecule has 0 spiro atoms. The molecule has 2 rings (SSSR count). The number of hydrogen-bond acceptors (Lipinski definition) is 4. The van der Waals surface area contributed by atoms with Crippen LogP contribution in [0.15, 0.2) is 35.5 Å². The lowest BCUT2D eigenvalue weighted by atomic mass is 10.2. The Morgan fingerprint density at radius 1 is 1.42 bits per heavy atom. The number of halogens is 1. The summed E-state index contributed by atoms with van der Waals surface area (Å²) < 4.78 is 39.4. The molecule has 0 saturated carbocycles. The van der Waals surface area contributed by atoms with E-state index in [1.165, 1.54) is 6.20 Å². The molecule has 0 atom stereocenters. The minimum Gasteiger partial charge on any atom is -0.392 e. The van der Waals surface area contributed by atoms with Crippen molar-refractivity contribution in [1.29, 1.82) is 0 Å². The Balaban J connectivity index is 2.19. The van der Waals surface area contributed by atoms with Crippen LogP contribution >= 0.6 is 0 Å². The Bertz CT molecular complexity index is 656. The number of H-pyrrole nitrogens is 1. The Labute approximate surface area is 109 Å². The van der Waals surface area contributed by atoms with E-state index in [1.54, 1.807) is 6.20 Å². The van der Waals surface area contributed by atoms with Gasteiger partial charge in [-0.05, 0) is 18.2 Å². The normalized spacial score (nSPS) is 11.7. The predicted octanol–water partition coefficient (Wildman–Crippen LogP) is 0.520. The van der Waals surface area contributed by atoms with Gasteiger partial charge in [-0.3, -0.25) is 0 Å². The highest BCUT2D eigenvalue weighted by Crippen LogP contribution is 2.15. The number of benzene rings is 1. The van der Waals surface area contributed by atoms with E-state index in [-0.39, 0.29) is 17.0 Å². The third-order valence-electron chi connectivity index (χ3n) is 2.48. The van der Waals surface area contributed by atoms with Crippen molar-refractivity contribution >= 4 is 10.0 Å². The zero-order valence-corrected chi connectivity index (χ0v) is 10.6. The van der Waals surface area contributed by atoms with Crippen LogP contribution in [0.2, 0.25) is 0 Å². The summed E-state index contributed by atoms with van der Waals surface area (Å²) in [6, 6.07) is 3.24. The van der Waals surface area contributed by atoms with Crippen molar-refractivity contribution in [3.05, 3.63) is 47.8 Å². The molecule has 0 amide bonds.